The van der Waals surface area contributed by atoms with Crippen molar-refractivity contribution in [2.75, 3.05) is 26.2 Å². The van der Waals surface area contributed by atoms with Crippen LogP contribution in [0.4, 0.5) is 13.6 Å². The molecule has 3 saturated heterocycles. The van der Waals surface area contributed by atoms with Gasteiger partial charge >= 0.3 is 6.03 Å². The van der Waals surface area contributed by atoms with E-state index in [2.05, 4.69) is 5.32 Å². The molecule has 3 aliphatic rings. The molecular weight excluding hydrogens is 444 g/mol. The van der Waals surface area contributed by atoms with Gasteiger partial charge in [-0.25, -0.2) is 13.6 Å². The number of likely N-dealkylation sites (tertiary alicyclic amines) is 1. The molecule has 2 unspecified atom stereocenters. The quantitative estimate of drug-likeness (QED) is 0.484. The average Bonchev–Trinajstić information content (AvgIpc) is 3.40. The number of halogens is 2. The SMILES string of the molecule is CCCC1(C2CCN(C(=O)/C=C/c3cc(F)cc(F)c3)CC2)NC(=O)N(CC2CCCO2)C1=O. The van der Waals surface area contributed by atoms with E-state index in [1.807, 2.05) is 6.92 Å². The fraction of sp³-hybridized carbons (Fsp3) is 0.560. The number of carbonyl (C=O) groups excluding carboxylic acids is 3. The summed E-state index contributed by atoms with van der Waals surface area (Å²) >= 11 is 0. The summed E-state index contributed by atoms with van der Waals surface area (Å²) in [5, 5.41) is 3.01. The first-order valence-corrected chi connectivity index (χ1v) is 12.0. The third-order valence-electron chi connectivity index (χ3n) is 7.06. The van der Waals surface area contributed by atoms with Gasteiger partial charge in [0.2, 0.25) is 5.91 Å². The molecule has 0 aliphatic carbocycles. The highest BCUT2D eigenvalue weighted by atomic mass is 19.1. The van der Waals surface area contributed by atoms with Crippen LogP contribution < -0.4 is 5.32 Å². The molecule has 3 heterocycles. The zero-order valence-corrected chi connectivity index (χ0v) is 19.4. The molecule has 2 atom stereocenters. The second-order valence-electron chi connectivity index (χ2n) is 9.34. The van der Waals surface area contributed by atoms with Crippen molar-refractivity contribution in [1.82, 2.24) is 15.1 Å². The summed E-state index contributed by atoms with van der Waals surface area (Å²) in [7, 11) is 0. The molecule has 1 N–H and O–H groups in total. The van der Waals surface area contributed by atoms with Crippen molar-refractivity contribution >= 4 is 23.9 Å². The predicted molar refractivity (Wildman–Crippen MR) is 122 cm³/mol. The summed E-state index contributed by atoms with van der Waals surface area (Å²) < 4.78 is 32.3. The van der Waals surface area contributed by atoms with Crippen LogP contribution in [0.3, 0.4) is 0 Å². The van der Waals surface area contributed by atoms with Gasteiger partial charge in [-0.15, -0.1) is 0 Å². The van der Waals surface area contributed by atoms with Crippen LogP contribution >= 0.6 is 0 Å². The Kier molecular flexibility index (Phi) is 7.30. The number of carbonyl (C=O) groups is 3. The van der Waals surface area contributed by atoms with E-state index >= 15 is 0 Å². The minimum atomic E-state index is -0.950. The number of imide groups is 1. The Hall–Kier alpha value is -2.81. The summed E-state index contributed by atoms with van der Waals surface area (Å²) in [5.74, 6) is -1.93. The van der Waals surface area contributed by atoms with E-state index in [-0.39, 0.29) is 42.0 Å². The molecule has 3 aliphatic heterocycles. The van der Waals surface area contributed by atoms with Crippen LogP contribution in [-0.4, -0.2) is 65.5 Å². The maximum absolute atomic E-state index is 13.5. The van der Waals surface area contributed by atoms with E-state index in [1.165, 1.54) is 17.1 Å². The molecule has 0 bridgehead atoms. The van der Waals surface area contributed by atoms with E-state index in [0.717, 1.165) is 37.5 Å². The third-order valence-corrected chi connectivity index (χ3v) is 7.06. The van der Waals surface area contributed by atoms with Crippen molar-refractivity contribution < 1.29 is 27.9 Å². The number of nitrogens with zero attached hydrogens (tertiary/aromatic N) is 2. The average molecular weight is 476 g/mol. The molecule has 0 saturated carbocycles. The van der Waals surface area contributed by atoms with Crippen LogP contribution in [0.2, 0.25) is 0 Å². The zero-order chi connectivity index (χ0) is 24.3. The standard InChI is InChI=1S/C25H31F2N3O4/c1-2-9-25(23(32)30(24(33)28-25)16-21-4-3-12-34-21)18-7-10-29(11-8-18)22(31)6-5-17-13-19(26)15-20(27)14-17/h5-6,13-15,18,21H,2-4,7-12,16H2,1H3,(H,28,33)/b6-5+. The second-order valence-corrected chi connectivity index (χ2v) is 9.34. The molecule has 0 radical (unpaired) electrons. The molecule has 0 spiro atoms. The summed E-state index contributed by atoms with van der Waals surface area (Å²) in [6.07, 6.45) is 6.81. The van der Waals surface area contributed by atoms with Gasteiger partial charge in [0.1, 0.15) is 17.2 Å². The van der Waals surface area contributed by atoms with Crippen LogP contribution in [0.1, 0.15) is 51.0 Å². The van der Waals surface area contributed by atoms with Crippen molar-refractivity contribution in [2.45, 2.75) is 57.1 Å². The molecule has 4 rings (SSSR count). The van der Waals surface area contributed by atoms with E-state index in [4.69, 9.17) is 4.74 Å². The molecule has 7 nitrogen and oxygen atoms in total. The minimum absolute atomic E-state index is 0.0799. The highest BCUT2D eigenvalue weighted by Gasteiger charge is 2.55. The highest BCUT2D eigenvalue weighted by Crippen LogP contribution is 2.37. The fourth-order valence-electron chi connectivity index (χ4n) is 5.38. The summed E-state index contributed by atoms with van der Waals surface area (Å²) in [4.78, 5) is 41.8. The van der Waals surface area contributed by atoms with E-state index in [0.29, 0.717) is 39.0 Å². The second kappa shape index (κ2) is 10.2. The fourth-order valence-corrected chi connectivity index (χ4v) is 5.38. The highest BCUT2D eigenvalue weighted by molar-refractivity contribution is 6.07. The van der Waals surface area contributed by atoms with Crippen LogP contribution in [-0.2, 0) is 14.3 Å². The van der Waals surface area contributed by atoms with Crippen molar-refractivity contribution in [2.24, 2.45) is 5.92 Å². The molecule has 9 heteroatoms. The lowest BCUT2D eigenvalue weighted by Gasteiger charge is -2.40. The summed E-state index contributed by atoms with van der Waals surface area (Å²) in [5.41, 5.74) is -0.678. The van der Waals surface area contributed by atoms with E-state index < -0.39 is 17.2 Å². The van der Waals surface area contributed by atoms with Crippen molar-refractivity contribution in [3.8, 4) is 0 Å². The number of urea groups is 1. The topological polar surface area (TPSA) is 79.0 Å². The lowest BCUT2D eigenvalue weighted by Crippen LogP contribution is -2.56. The molecule has 184 valence electrons. The first-order valence-electron chi connectivity index (χ1n) is 12.0. The lowest BCUT2D eigenvalue weighted by molar-refractivity contribution is -0.136. The predicted octanol–water partition coefficient (Wildman–Crippen LogP) is 3.49. The Bertz CT molecular complexity index is 951. The van der Waals surface area contributed by atoms with Gasteiger partial charge in [0.15, 0.2) is 0 Å². The summed E-state index contributed by atoms with van der Waals surface area (Å²) in [6.45, 7) is 3.79. The monoisotopic (exact) mass is 475 g/mol. The molecule has 0 aromatic heterocycles. The molecule has 4 amide bonds. The van der Waals surface area contributed by atoms with Crippen LogP contribution in [0.5, 0.6) is 0 Å². The van der Waals surface area contributed by atoms with Crippen molar-refractivity contribution in [1.29, 1.82) is 0 Å². The van der Waals surface area contributed by atoms with Gasteiger partial charge < -0.3 is 15.0 Å². The number of piperidine rings is 1. The Labute approximate surface area is 198 Å². The van der Waals surface area contributed by atoms with Gasteiger partial charge in [-0.2, -0.15) is 0 Å². The number of rotatable bonds is 7. The molecule has 1 aromatic carbocycles. The Morgan fingerprint density at radius 2 is 1.88 bits per heavy atom. The molecule has 1 aromatic rings. The van der Waals surface area contributed by atoms with Crippen molar-refractivity contribution in [3.05, 3.63) is 41.5 Å². The Balaban J connectivity index is 1.40. The van der Waals surface area contributed by atoms with Gasteiger partial charge in [0.25, 0.3) is 5.91 Å². The zero-order valence-electron chi connectivity index (χ0n) is 19.4. The molecular formula is C25H31F2N3O4. The largest absolute Gasteiger partial charge is 0.376 e. The van der Waals surface area contributed by atoms with Gasteiger partial charge in [0, 0.05) is 31.8 Å². The third kappa shape index (κ3) is 4.99. The van der Waals surface area contributed by atoms with Crippen LogP contribution in [0.15, 0.2) is 24.3 Å². The van der Waals surface area contributed by atoms with E-state index in [1.54, 1.807) is 4.90 Å². The number of hydrogen-bond acceptors (Lipinski definition) is 4. The number of benzene rings is 1. The van der Waals surface area contributed by atoms with Gasteiger partial charge in [-0.1, -0.05) is 13.3 Å². The number of nitrogens with one attached hydrogen (secondary N) is 1. The maximum atomic E-state index is 13.5. The van der Waals surface area contributed by atoms with Crippen LogP contribution in [0.25, 0.3) is 6.08 Å². The first kappa shape index (κ1) is 24.3. The number of hydrogen-bond donors (Lipinski definition) is 1. The smallest absolute Gasteiger partial charge is 0.325 e. The maximum Gasteiger partial charge on any atom is 0.325 e. The van der Waals surface area contributed by atoms with Gasteiger partial charge in [-0.05, 0) is 61.8 Å². The van der Waals surface area contributed by atoms with Crippen molar-refractivity contribution in [3.63, 3.8) is 0 Å². The molecule has 3 fully saturated rings. The Morgan fingerprint density at radius 1 is 1.18 bits per heavy atom. The first-order chi connectivity index (χ1) is 16.3. The van der Waals surface area contributed by atoms with Gasteiger partial charge in [0.05, 0.1) is 12.6 Å². The minimum Gasteiger partial charge on any atom is -0.376 e. The van der Waals surface area contributed by atoms with Gasteiger partial charge in [-0.3, -0.25) is 14.5 Å². The summed E-state index contributed by atoms with van der Waals surface area (Å²) in [6, 6.07) is 2.73. The normalized spacial score (nSPS) is 26.0. The van der Waals surface area contributed by atoms with Crippen LogP contribution in [0, 0.1) is 17.6 Å². The Morgan fingerprint density at radius 3 is 2.50 bits per heavy atom. The number of ether oxygens (including phenoxy) is 1. The lowest BCUT2D eigenvalue weighted by atomic mass is 9.74. The number of amides is 4. The molecule has 34 heavy (non-hydrogen) atoms. The van der Waals surface area contributed by atoms with E-state index in [9.17, 15) is 23.2 Å².